The third-order valence-corrected chi connectivity index (χ3v) is 5.99. The second-order valence-corrected chi connectivity index (χ2v) is 9.78. The average molecular weight is 469 g/mol. The zero-order valence-corrected chi connectivity index (χ0v) is 23.9. The standard InChI is InChI=1S/C24H43.K.H3O4P/c1-4-5-6-7-8-9-10-11-12-13-14-15-16-18-21-24(3)22-19-17-20-23(24)2;;1-5(2,3)4/h17,19-20,22-23H,1,4-16,18,21H2,2-3H3;;(H3,1,2,3,4)/q-1;+1;. The van der Waals surface area contributed by atoms with Crippen molar-refractivity contribution >= 4 is 7.82 Å². The summed E-state index contributed by atoms with van der Waals surface area (Å²) in [4.78, 5) is 21.6. The molecule has 0 fully saturated rings. The summed E-state index contributed by atoms with van der Waals surface area (Å²) in [5, 5.41) is 0. The summed E-state index contributed by atoms with van der Waals surface area (Å²) in [6.07, 6.45) is 30.3. The Bertz CT molecular complexity index is 481. The second-order valence-electron chi connectivity index (χ2n) is 8.75. The smallest absolute Gasteiger partial charge is 0.343 e. The van der Waals surface area contributed by atoms with Crippen LogP contribution in [-0.2, 0) is 4.57 Å². The largest absolute Gasteiger partial charge is 1.00 e. The van der Waals surface area contributed by atoms with Crippen molar-refractivity contribution in [2.75, 3.05) is 0 Å². The molecule has 1 rings (SSSR count). The monoisotopic (exact) mass is 468 g/mol. The van der Waals surface area contributed by atoms with Crippen molar-refractivity contribution in [3.8, 4) is 0 Å². The first-order valence-electron chi connectivity index (χ1n) is 11.6. The molecule has 0 aromatic rings. The first-order chi connectivity index (χ1) is 13.7. The summed E-state index contributed by atoms with van der Waals surface area (Å²) in [5.41, 5.74) is 0.405. The van der Waals surface area contributed by atoms with Gasteiger partial charge in [0, 0.05) is 0 Å². The number of allylic oxidation sites excluding steroid dienone is 4. The van der Waals surface area contributed by atoms with Crippen molar-refractivity contribution in [2.45, 2.75) is 110 Å². The van der Waals surface area contributed by atoms with E-state index in [1.807, 2.05) is 0 Å². The van der Waals surface area contributed by atoms with Crippen LogP contribution in [0.1, 0.15) is 110 Å². The van der Waals surface area contributed by atoms with Crippen molar-refractivity contribution in [1.82, 2.24) is 0 Å². The first kappa shape index (κ1) is 33.4. The quantitative estimate of drug-likeness (QED) is 0.143. The molecule has 172 valence electrons. The topological polar surface area (TPSA) is 77.8 Å². The molecule has 30 heavy (non-hydrogen) atoms. The Balaban J connectivity index is 0. The van der Waals surface area contributed by atoms with Gasteiger partial charge in [0.25, 0.3) is 0 Å². The van der Waals surface area contributed by atoms with Gasteiger partial charge in [-0.1, -0.05) is 122 Å². The van der Waals surface area contributed by atoms with Crippen molar-refractivity contribution < 1.29 is 70.6 Å². The van der Waals surface area contributed by atoms with Gasteiger partial charge in [-0.3, -0.25) is 0 Å². The summed E-state index contributed by atoms with van der Waals surface area (Å²) in [6, 6.07) is 0. The number of phosphoric acid groups is 1. The van der Waals surface area contributed by atoms with E-state index in [0.29, 0.717) is 11.3 Å². The van der Waals surface area contributed by atoms with Crippen LogP contribution in [0.2, 0.25) is 0 Å². The van der Waals surface area contributed by atoms with Gasteiger partial charge < -0.3 is 21.6 Å². The molecule has 2 unspecified atom stereocenters. The molecule has 0 radical (unpaired) electrons. The zero-order chi connectivity index (χ0) is 22.0. The molecule has 1 aliphatic rings. The Kier molecular flexibility index (Phi) is 23.2. The van der Waals surface area contributed by atoms with Crippen LogP contribution in [0.25, 0.3) is 0 Å². The second kappa shape index (κ2) is 20.8. The van der Waals surface area contributed by atoms with Crippen LogP contribution in [0.15, 0.2) is 24.3 Å². The van der Waals surface area contributed by atoms with Crippen molar-refractivity contribution in [1.29, 1.82) is 0 Å². The molecule has 0 saturated carbocycles. The van der Waals surface area contributed by atoms with Gasteiger partial charge in [-0.05, 0) is 17.8 Å². The number of rotatable bonds is 15. The summed E-state index contributed by atoms with van der Waals surface area (Å²) in [5.74, 6) is 0.695. The van der Waals surface area contributed by atoms with E-state index >= 15 is 0 Å². The van der Waals surface area contributed by atoms with E-state index < -0.39 is 7.82 Å². The maximum atomic E-state index is 8.88. The number of hydrogen-bond donors (Lipinski definition) is 3. The van der Waals surface area contributed by atoms with Crippen molar-refractivity contribution in [2.24, 2.45) is 11.3 Å². The molecule has 0 aliphatic heterocycles. The maximum Gasteiger partial charge on any atom is 1.00 e. The summed E-state index contributed by atoms with van der Waals surface area (Å²) in [6.45, 7) is 8.69. The Morgan fingerprint density at radius 3 is 1.53 bits per heavy atom. The molecule has 0 amide bonds. The van der Waals surface area contributed by atoms with Gasteiger partial charge in [0.1, 0.15) is 0 Å². The van der Waals surface area contributed by atoms with Gasteiger partial charge in [-0.25, -0.2) is 4.57 Å². The van der Waals surface area contributed by atoms with E-state index in [0.717, 1.165) is 6.42 Å². The van der Waals surface area contributed by atoms with Crippen LogP contribution >= 0.6 is 7.82 Å². The molecule has 0 aromatic heterocycles. The molecular weight excluding hydrogens is 422 g/mol. The van der Waals surface area contributed by atoms with Gasteiger partial charge >= 0.3 is 59.2 Å². The predicted molar refractivity (Wildman–Crippen MR) is 124 cm³/mol. The maximum absolute atomic E-state index is 8.88. The molecule has 6 heteroatoms. The molecule has 2 atom stereocenters. The van der Waals surface area contributed by atoms with E-state index in [1.54, 1.807) is 0 Å². The third kappa shape index (κ3) is 22.4. The van der Waals surface area contributed by atoms with E-state index in [-0.39, 0.29) is 51.4 Å². The minimum absolute atomic E-state index is 0. The average Bonchev–Trinajstić information content (AvgIpc) is 2.63. The van der Waals surface area contributed by atoms with Crippen LogP contribution in [0.3, 0.4) is 0 Å². The minimum atomic E-state index is -4.64. The van der Waals surface area contributed by atoms with Gasteiger partial charge in [0.15, 0.2) is 0 Å². The third-order valence-electron chi connectivity index (χ3n) is 5.99. The van der Waals surface area contributed by atoms with Gasteiger partial charge in [-0.15, -0.1) is 0 Å². The molecule has 0 aromatic carbocycles. The zero-order valence-electron chi connectivity index (χ0n) is 19.9. The Labute approximate surface area is 229 Å². The summed E-state index contributed by atoms with van der Waals surface area (Å²) in [7, 11) is -4.64. The Morgan fingerprint density at radius 2 is 1.17 bits per heavy atom. The van der Waals surface area contributed by atoms with Crippen molar-refractivity contribution in [3.05, 3.63) is 31.2 Å². The number of hydrogen-bond acceptors (Lipinski definition) is 1. The molecule has 0 spiro atoms. The SMILES string of the molecule is O=P(O)(O)O.[CH2-]CCCCCCCCCCCCCCCC1(C)C=CC=CC1C.[K+]. The molecule has 0 heterocycles. The first-order valence-corrected chi connectivity index (χ1v) is 13.2. The van der Waals surface area contributed by atoms with Crippen LogP contribution in [0, 0.1) is 18.3 Å². The number of unbranched alkanes of at least 4 members (excludes halogenated alkanes) is 13. The Morgan fingerprint density at radius 1 is 0.800 bits per heavy atom. The fraction of sp³-hybridized carbons (Fsp3) is 0.792. The fourth-order valence-electron chi connectivity index (χ4n) is 3.82. The van der Waals surface area contributed by atoms with Gasteiger partial charge in [-0.2, -0.15) is 6.42 Å². The predicted octanol–water partition coefficient (Wildman–Crippen LogP) is 4.52. The van der Waals surface area contributed by atoms with Crippen LogP contribution in [0.4, 0.5) is 0 Å². The van der Waals surface area contributed by atoms with Crippen molar-refractivity contribution in [3.63, 3.8) is 0 Å². The molecule has 0 saturated heterocycles. The summed E-state index contributed by atoms with van der Waals surface area (Å²) >= 11 is 0. The van der Waals surface area contributed by atoms with E-state index in [9.17, 15) is 0 Å². The van der Waals surface area contributed by atoms with E-state index in [4.69, 9.17) is 19.2 Å². The van der Waals surface area contributed by atoms with Crippen LogP contribution < -0.4 is 51.4 Å². The normalized spacial score (nSPS) is 20.4. The molecular formula is C24H46KO4P. The van der Waals surface area contributed by atoms with E-state index in [1.165, 1.54) is 89.9 Å². The van der Waals surface area contributed by atoms with Gasteiger partial charge in [0.05, 0.1) is 0 Å². The minimum Gasteiger partial charge on any atom is -0.343 e. The molecule has 0 bridgehead atoms. The summed E-state index contributed by atoms with van der Waals surface area (Å²) < 4.78 is 8.88. The molecule has 3 N–H and O–H groups in total. The van der Waals surface area contributed by atoms with Gasteiger partial charge in [0.2, 0.25) is 0 Å². The van der Waals surface area contributed by atoms with Crippen LogP contribution in [0.5, 0.6) is 0 Å². The van der Waals surface area contributed by atoms with E-state index in [2.05, 4.69) is 45.1 Å². The Hall–Kier alpha value is 1.23. The molecule has 4 nitrogen and oxygen atoms in total. The fourth-order valence-corrected chi connectivity index (χ4v) is 3.82. The van der Waals surface area contributed by atoms with Crippen LogP contribution in [-0.4, -0.2) is 14.7 Å². The molecule has 1 aliphatic carbocycles.